The molecule has 8 nitrogen and oxygen atoms in total. The molecule has 0 saturated heterocycles. The van der Waals surface area contributed by atoms with Gasteiger partial charge in [0, 0.05) is 5.56 Å². The largest absolute Gasteiger partial charge is 0.482 e. The van der Waals surface area contributed by atoms with Gasteiger partial charge >= 0.3 is 12.0 Å². The van der Waals surface area contributed by atoms with Crippen LogP contribution in [0.3, 0.4) is 0 Å². The molecule has 0 bridgehead atoms. The molecule has 0 aliphatic heterocycles. The molecule has 2 aromatic carbocycles. The Morgan fingerprint density at radius 3 is 2.69 bits per heavy atom. The number of rotatable bonds is 7. The molecular weight excluding hydrogens is 374 g/mol. The normalized spacial score (nSPS) is 12.3. The van der Waals surface area contributed by atoms with Gasteiger partial charge < -0.3 is 13.9 Å². The summed E-state index contributed by atoms with van der Waals surface area (Å²) in [6, 6.07) is 14.9. The van der Waals surface area contributed by atoms with E-state index < -0.39 is 18.5 Å². The molecule has 3 aromatic rings. The van der Waals surface area contributed by atoms with Gasteiger partial charge in [0.1, 0.15) is 5.75 Å². The summed E-state index contributed by atoms with van der Waals surface area (Å²) >= 11 is 0. The van der Waals surface area contributed by atoms with Crippen LogP contribution >= 0.6 is 0 Å². The van der Waals surface area contributed by atoms with Gasteiger partial charge in [-0.25, -0.2) is 4.79 Å². The van der Waals surface area contributed by atoms with Crippen LogP contribution in [0, 0.1) is 0 Å². The third-order valence-corrected chi connectivity index (χ3v) is 4.48. The molecule has 4 rings (SSSR count). The van der Waals surface area contributed by atoms with Gasteiger partial charge in [-0.2, -0.15) is 0 Å². The minimum Gasteiger partial charge on any atom is -0.482 e. The summed E-state index contributed by atoms with van der Waals surface area (Å²) in [5.41, 5.74) is 3.31. The summed E-state index contributed by atoms with van der Waals surface area (Å²) in [4.78, 5) is 23.7. The smallest absolute Gasteiger partial charge is 0.344 e. The van der Waals surface area contributed by atoms with Crippen LogP contribution in [0.4, 0.5) is 6.01 Å². The van der Waals surface area contributed by atoms with Crippen LogP contribution in [0.15, 0.2) is 52.9 Å². The maximum atomic E-state index is 11.9. The average Bonchev–Trinajstić information content (AvgIpc) is 3.40. The van der Waals surface area contributed by atoms with Crippen molar-refractivity contribution in [2.75, 3.05) is 18.5 Å². The van der Waals surface area contributed by atoms with Gasteiger partial charge in [0.05, 0.1) is 0 Å². The van der Waals surface area contributed by atoms with Crippen molar-refractivity contribution in [3.8, 4) is 17.2 Å². The number of anilines is 1. The van der Waals surface area contributed by atoms with E-state index in [1.54, 1.807) is 0 Å². The third-order valence-electron chi connectivity index (χ3n) is 4.48. The lowest BCUT2D eigenvalue weighted by molar-refractivity contribution is -0.149. The first kappa shape index (κ1) is 18.7. The fraction of sp³-hybridized carbons (Fsp3) is 0.238. The second-order valence-corrected chi connectivity index (χ2v) is 6.56. The number of carbonyl (C=O) groups excluding carboxylic acids is 2. The Morgan fingerprint density at radius 2 is 1.83 bits per heavy atom. The first-order valence-electron chi connectivity index (χ1n) is 9.26. The van der Waals surface area contributed by atoms with E-state index in [2.05, 4.69) is 15.5 Å². The van der Waals surface area contributed by atoms with Gasteiger partial charge in [-0.3, -0.25) is 10.1 Å². The highest BCUT2D eigenvalue weighted by molar-refractivity contribution is 5.91. The predicted octanol–water partition coefficient (Wildman–Crippen LogP) is 2.79. The number of ether oxygens (including phenoxy) is 2. The number of carbonyl (C=O) groups is 2. The van der Waals surface area contributed by atoms with Crippen molar-refractivity contribution >= 4 is 17.9 Å². The molecule has 1 aliphatic rings. The topological polar surface area (TPSA) is 104 Å². The summed E-state index contributed by atoms with van der Waals surface area (Å²) in [7, 11) is 0. The highest BCUT2D eigenvalue weighted by atomic mass is 16.6. The Morgan fingerprint density at radius 1 is 1.00 bits per heavy atom. The van der Waals surface area contributed by atoms with Crippen molar-refractivity contribution in [1.29, 1.82) is 0 Å². The lowest BCUT2D eigenvalue weighted by atomic mass is 10.1. The molecular formula is C21H19N3O5. The third kappa shape index (κ3) is 4.78. The number of aromatic nitrogens is 2. The lowest BCUT2D eigenvalue weighted by Crippen LogP contribution is -2.23. The Balaban J connectivity index is 1.21. The highest BCUT2D eigenvalue weighted by Gasteiger charge is 2.15. The summed E-state index contributed by atoms with van der Waals surface area (Å²) in [6.07, 6.45) is 3.25. The lowest BCUT2D eigenvalue weighted by Gasteiger charge is -2.08. The molecule has 0 radical (unpaired) electrons. The fourth-order valence-corrected chi connectivity index (χ4v) is 3.09. The van der Waals surface area contributed by atoms with Gasteiger partial charge in [0.2, 0.25) is 5.89 Å². The van der Waals surface area contributed by atoms with E-state index in [-0.39, 0.29) is 18.5 Å². The van der Waals surface area contributed by atoms with Gasteiger partial charge in [-0.15, -0.1) is 5.10 Å². The van der Waals surface area contributed by atoms with E-state index in [1.165, 1.54) is 11.1 Å². The first-order valence-corrected chi connectivity index (χ1v) is 9.26. The minimum atomic E-state index is -0.642. The molecule has 8 heteroatoms. The van der Waals surface area contributed by atoms with E-state index in [9.17, 15) is 9.59 Å². The maximum absolute atomic E-state index is 11.9. The molecule has 0 spiro atoms. The Kier molecular flexibility index (Phi) is 5.51. The molecule has 1 aromatic heterocycles. The van der Waals surface area contributed by atoms with Gasteiger partial charge in [0.15, 0.2) is 13.2 Å². The molecule has 1 aliphatic carbocycles. The van der Waals surface area contributed by atoms with E-state index in [1.807, 2.05) is 48.5 Å². The standard InChI is InChI=1S/C21H19N3O5/c25-18(22-21-24-23-20(29-21)15-5-2-1-3-6-15)12-28-19(26)13-27-17-10-9-14-7-4-8-16(14)11-17/h1-3,5-6,9-11H,4,7-8,12-13H2,(H,22,24,25). The fourth-order valence-electron chi connectivity index (χ4n) is 3.09. The number of benzene rings is 2. The number of amides is 1. The number of fused-ring (bicyclic) bond motifs is 1. The summed E-state index contributed by atoms with van der Waals surface area (Å²) < 4.78 is 15.7. The average molecular weight is 393 g/mol. The van der Waals surface area contributed by atoms with Crippen LogP contribution < -0.4 is 10.1 Å². The van der Waals surface area contributed by atoms with E-state index >= 15 is 0 Å². The SMILES string of the molecule is O=C(COC(=O)COc1ccc2c(c1)CCC2)Nc1nnc(-c2ccccc2)o1. The zero-order chi connectivity index (χ0) is 20.1. The van der Waals surface area contributed by atoms with Crippen molar-refractivity contribution in [2.24, 2.45) is 0 Å². The molecule has 0 saturated carbocycles. The van der Waals surface area contributed by atoms with Crippen LogP contribution in [0.1, 0.15) is 17.5 Å². The molecule has 1 amide bonds. The highest BCUT2D eigenvalue weighted by Crippen LogP contribution is 2.26. The number of hydrogen-bond donors (Lipinski definition) is 1. The molecule has 29 heavy (non-hydrogen) atoms. The molecule has 148 valence electrons. The molecule has 1 heterocycles. The van der Waals surface area contributed by atoms with E-state index in [0.717, 1.165) is 24.8 Å². The van der Waals surface area contributed by atoms with Crippen molar-refractivity contribution in [3.05, 3.63) is 59.7 Å². The summed E-state index contributed by atoms with van der Waals surface area (Å²) in [6.45, 7) is -0.750. The zero-order valence-corrected chi connectivity index (χ0v) is 15.6. The van der Waals surface area contributed by atoms with Crippen LogP contribution in [-0.2, 0) is 27.2 Å². The Labute approximate surface area is 166 Å². The molecule has 0 fully saturated rings. The van der Waals surface area contributed by atoms with Crippen LogP contribution in [0.25, 0.3) is 11.5 Å². The monoisotopic (exact) mass is 393 g/mol. The quantitative estimate of drug-likeness (QED) is 0.616. The number of hydrogen-bond acceptors (Lipinski definition) is 7. The molecule has 0 atom stereocenters. The van der Waals surface area contributed by atoms with E-state index in [0.29, 0.717) is 5.75 Å². The van der Waals surface area contributed by atoms with Crippen LogP contribution in [0.2, 0.25) is 0 Å². The van der Waals surface area contributed by atoms with Crippen molar-refractivity contribution < 1.29 is 23.5 Å². The second kappa shape index (κ2) is 8.55. The Hall–Kier alpha value is -3.68. The van der Waals surface area contributed by atoms with Gasteiger partial charge in [0.25, 0.3) is 5.91 Å². The van der Waals surface area contributed by atoms with E-state index in [4.69, 9.17) is 13.9 Å². The van der Waals surface area contributed by atoms with Gasteiger partial charge in [-0.1, -0.05) is 29.4 Å². The summed E-state index contributed by atoms with van der Waals surface area (Å²) in [5, 5.41) is 10.0. The number of nitrogens with zero attached hydrogens (tertiary/aromatic N) is 2. The predicted molar refractivity (Wildman–Crippen MR) is 103 cm³/mol. The first-order chi connectivity index (χ1) is 14.2. The number of aryl methyl sites for hydroxylation is 2. The number of esters is 1. The van der Waals surface area contributed by atoms with Gasteiger partial charge in [-0.05, 0) is 54.7 Å². The summed E-state index contributed by atoms with van der Waals surface area (Å²) in [5.74, 6) is -0.331. The van der Waals surface area contributed by atoms with Crippen molar-refractivity contribution in [2.45, 2.75) is 19.3 Å². The molecule has 0 unspecified atom stereocenters. The Bertz CT molecular complexity index is 1020. The minimum absolute atomic E-state index is 0.0701. The second-order valence-electron chi connectivity index (χ2n) is 6.56. The zero-order valence-electron chi connectivity index (χ0n) is 15.6. The maximum Gasteiger partial charge on any atom is 0.344 e. The number of nitrogens with one attached hydrogen (secondary N) is 1. The van der Waals surface area contributed by atoms with Crippen molar-refractivity contribution in [1.82, 2.24) is 10.2 Å². The molecule has 1 N–H and O–H groups in total. The van der Waals surface area contributed by atoms with Crippen LogP contribution in [0.5, 0.6) is 5.75 Å². The van der Waals surface area contributed by atoms with Crippen molar-refractivity contribution in [3.63, 3.8) is 0 Å². The van der Waals surface area contributed by atoms with Crippen LogP contribution in [-0.4, -0.2) is 35.3 Å².